The molecule has 2 heterocycles. The first-order valence-corrected chi connectivity index (χ1v) is 9.05. The Morgan fingerprint density at radius 1 is 0.852 bits per heavy atom. The number of aromatic nitrogens is 2. The van der Waals surface area contributed by atoms with Gasteiger partial charge in [-0.05, 0) is 61.4 Å². The Labute approximate surface area is 156 Å². The molecule has 27 heavy (non-hydrogen) atoms. The molecule has 0 amide bonds. The predicted molar refractivity (Wildman–Crippen MR) is 103 cm³/mol. The van der Waals surface area contributed by atoms with E-state index in [9.17, 15) is 8.78 Å². The van der Waals surface area contributed by atoms with Crippen LogP contribution < -0.4 is 10.2 Å². The number of hydrogen-bond acceptors (Lipinski definition) is 4. The number of nitrogens with one attached hydrogen (secondary N) is 1. The highest BCUT2D eigenvalue weighted by atomic mass is 19.1. The molecular formula is C21H20F2N4. The molecule has 1 N–H and O–H groups in total. The lowest BCUT2D eigenvalue weighted by atomic mass is 10.0. The van der Waals surface area contributed by atoms with E-state index in [0.29, 0.717) is 5.69 Å². The van der Waals surface area contributed by atoms with Crippen molar-refractivity contribution in [2.24, 2.45) is 0 Å². The summed E-state index contributed by atoms with van der Waals surface area (Å²) < 4.78 is 26.8. The third kappa shape index (κ3) is 4.05. The van der Waals surface area contributed by atoms with Crippen LogP contribution in [0, 0.1) is 11.6 Å². The smallest absolute Gasteiger partial charge is 0.151 e. The molecule has 1 aliphatic heterocycles. The van der Waals surface area contributed by atoms with Crippen LogP contribution in [0.5, 0.6) is 0 Å². The number of benzene rings is 2. The Bertz CT molecular complexity index is 889. The van der Waals surface area contributed by atoms with Crippen LogP contribution in [0.1, 0.15) is 12.8 Å². The third-order valence-corrected chi connectivity index (χ3v) is 4.84. The molecule has 0 unspecified atom stereocenters. The van der Waals surface area contributed by atoms with Gasteiger partial charge in [-0.25, -0.2) is 8.78 Å². The molecule has 1 saturated heterocycles. The molecule has 1 aliphatic rings. The molecule has 0 bridgehead atoms. The van der Waals surface area contributed by atoms with Gasteiger partial charge in [-0.1, -0.05) is 12.1 Å². The van der Waals surface area contributed by atoms with Gasteiger partial charge >= 0.3 is 0 Å². The lowest BCUT2D eigenvalue weighted by molar-refractivity contribution is 0.518. The van der Waals surface area contributed by atoms with Crippen LogP contribution in [0.2, 0.25) is 0 Å². The molecule has 0 aliphatic carbocycles. The number of piperidine rings is 1. The van der Waals surface area contributed by atoms with E-state index in [1.165, 1.54) is 18.2 Å². The van der Waals surface area contributed by atoms with E-state index >= 15 is 0 Å². The second-order valence-corrected chi connectivity index (χ2v) is 6.67. The molecule has 2 aromatic carbocycles. The Morgan fingerprint density at radius 3 is 2.26 bits per heavy atom. The van der Waals surface area contributed by atoms with Crippen molar-refractivity contribution in [3.05, 3.63) is 72.3 Å². The molecule has 0 atom stereocenters. The van der Waals surface area contributed by atoms with Crippen LogP contribution in [0.4, 0.5) is 20.3 Å². The second-order valence-electron chi connectivity index (χ2n) is 6.67. The van der Waals surface area contributed by atoms with Crippen molar-refractivity contribution in [1.29, 1.82) is 0 Å². The largest absolute Gasteiger partial charge is 0.380 e. The second kappa shape index (κ2) is 7.70. The zero-order valence-electron chi connectivity index (χ0n) is 14.8. The highest BCUT2D eigenvalue weighted by Gasteiger charge is 2.21. The molecule has 1 fully saturated rings. The number of hydrogen-bond donors (Lipinski definition) is 1. The molecule has 138 valence electrons. The molecule has 0 spiro atoms. The van der Waals surface area contributed by atoms with Gasteiger partial charge in [-0.15, -0.1) is 10.2 Å². The van der Waals surface area contributed by atoms with Crippen molar-refractivity contribution in [2.75, 3.05) is 23.3 Å². The van der Waals surface area contributed by atoms with Gasteiger partial charge in [-0.2, -0.15) is 0 Å². The van der Waals surface area contributed by atoms with Crippen molar-refractivity contribution in [2.45, 2.75) is 18.9 Å². The Hall–Kier alpha value is -3.02. The van der Waals surface area contributed by atoms with Crippen LogP contribution >= 0.6 is 0 Å². The van der Waals surface area contributed by atoms with Crippen LogP contribution in [0.25, 0.3) is 11.3 Å². The van der Waals surface area contributed by atoms with E-state index in [1.807, 2.05) is 18.2 Å². The highest BCUT2D eigenvalue weighted by molar-refractivity contribution is 5.59. The molecule has 6 heteroatoms. The summed E-state index contributed by atoms with van der Waals surface area (Å²) in [5, 5.41) is 11.9. The highest BCUT2D eigenvalue weighted by Crippen LogP contribution is 2.23. The summed E-state index contributed by atoms with van der Waals surface area (Å²) in [6.07, 6.45) is 1.80. The van der Waals surface area contributed by atoms with Gasteiger partial charge in [0.2, 0.25) is 0 Å². The molecule has 0 saturated carbocycles. The van der Waals surface area contributed by atoms with Gasteiger partial charge in [-0.3, -0.25) is 0 Å². The van der Waals surface area contributed by atoms with E-state index < -0.39 is 0 Å². The van der Waals surface area contributed by atoms with Crippen molar-refractivity contribution in [3.8, 4) is 11.3 Å². The van der Waals surface area contributed by atoms with Gasteiger partial charge in [0.25, 0.3) is 0 Å². The standard InChI is InChI=1S/C21H20F2N4/c22-16-7-5-15(6-8-16)19-9-10-21(26-25-19)27-13-11-17(12-14-27)24-20-4-2-1-3-18(20)23/h1-10,17,24H,11-14H2. The van der Waals surface area contributed by atoms with E-state index in [-0.39, 0.29) is 17.7 Å². The van der Waals surface area contributed by atoms with Crippen molar-refractivity contribution in [3.63, 3.8) is 0 Å². The van der Waals surface area contributed by atoms with Crippen molar-refractivity contribution >= 4 is 11.5 Å². The molecular weight excluding hydrogens is 346 g/mol. The zero-order valence-corrected chi connectivity index (χ0v) is 14.8. The first-order valence-electron chi connectivity index (χ1n) is 9.05. The normalized spacial score (nSPS) is 15.0. The maximum atomic E-state index is 13.8. The van der Waals surface area contributed by atoms with Crippen molar-refractivity contribution < 1.29 is 8.78 Å². The lowest BCUT2D eigenvalue weighted by Crippen LogP contribution is -2.39. The number of rotatable bonds is 4. The van der Waals surface area contributed by atoms with Crippen LogP contribution in [-0.2, 0) is 0 Å². The number of anilines is 2. The third-order valence-electron chi connectivity index (χ3n) is 4.84. The van der Waals surface area contributed by atoms with E-state index in [2.05, 4.69) is 20.4 Å². The number of nitrogens with zero attached hydrogens (tertiary/aromatic N) is 3. The minimum atomic E-state index is -0.268. The summed E-state index contributed by atoms with van der Waals surface area (Å²) in [6, 6.07) is 17.1. The van der Waals surface area contributed by atoms with Crippen LogP contribution in [0.3, 0.4) is 0 Å². The van der Waals surface area contributed by atoms with Gasteiger partial charge in [0.15, 0.2) is 5.82 Å². The monoisotopic (exact) mass is 366 g/mol. The fourth-order valence-electron chi connectivity index (χ4n) is 3.32. The number of halogens is 2. The van der Waals surface area contributed by atoms with Gasteiger partial charge in [0, 0.05) is 24.7 Å². The SMILES string of the molecule is Fc1ccc(-c2ccc(N3CCC(Nc4ccccc4F)CC3)nn2)cc1. The maximum absolute atomic E-state index is 13.8. The number of para-hydroxylation sites is 1. The average Bonchev–Trinajstić information content (AvgIpc) is 2.71. The fraction of sp³-hybridized carbons (Fsp3) is 0.238. The molecule has 3 aromatic rings. The average molecular weight is 366 g/mol. The van der Waals surface area contributed by atoms with E-state index in [0.717, 1.165) is 43.0 Å². The van der Waals surface area contributed by atoms with Crippen LogP contribution in [-0.4, -0.2) is 29.3 Å². The fourth-order valence-corrected chi connectivity index (χ4v) is 3.32. The first kappa shape index (κ1) is 17.4. The quantitative estimate of drug-likeness (QED) is 0.738. The molecule has 4 rings (SSSR count). The maximum Gasteiger partial charge on any atom is 0.151 e. The summed E-state index contributed by atoms with van der Waals surface area (Å²) in [6.45, 7) is 1.66. The van der Waals surface area contributed by atoms with Gasteiger partial charge in [0.1, 0.15) is 11.6 Å². The predicted octanol–water partition coefficient (Wildman–Crippen LogP) is 4.50. The lowest BCUT2D eigenvalue weighted by Gasteiger charge is -2.33. The van der Waals surface area contributed by atoms with E-state index in [4.69, 9.17) is 0 Å². The van der Waals surface area contributed by atoms with Gasteiger partial charge < -0.3 is 10.2 Å². The Kier molecular flexibility index (Phi) is 4.96. The molecule has 0 radical (unpaired) electrons. The summed E-state index contributed by atoms with van der Waals surface area (Å²) in [7, 11) is 0. The summed E-state index contributed by atoms with van der Waals surface area (Å²) in [5.41, 5.74) is 2.11. The molecule has 1 aromatic heterocycles. The Balaban J connectivity index is 1.37. The summed E-state index contributed by atoms with van der Waals surface area (Å²) in [5.74, 6) is 0.336. The van der Waals surface area contributed by atoms with E-state index in [1.54, 1.807) is 24.3 Å². The first-order chi connectivity index (χ1) is 13.2. The van der Waals surface area contributed by atoms with Gasteiger partial charge in [0.05, 0.1) is 11.4 Å². The summed E-state index contributed by atoms with van der Waals surface area (Å²) >= 11 is 0. The minimum absolute atomic E-state index is 0.220. The van der Waals surface area contributed by atoms with Crippen molar-refractivity contribution in [1.82, 2.24) is 10.2 Å². The topological polar surface area (TPSA) is 41.0 Å². The van der Waals surface area contributed by atoms with Crippen LogP contribution in [0.15, 0.2) is 60.7 Å². The zero-order chi connectivity index (χ0) is 18.6. The Morgan fingerprint density at radius 2 is 1.59 bits per heavy atom. The minimum Gasteiger partial charge on any atom is -0.380 e. The molecule has 4 nitrogen and oxygen atoms in total. The summed E-state index contributed by atoms with van der Waals surface area (Å²) in [4.78, 5) is 2.18.